The summed E-state index contributed by atoms with van der Waals surface area (Å²) in [5.41, 5.74) is 17.5. The highest BCUT2D eigenvalue weighted by Crippen LogP contribution is 2.64. The molecule has 0 radical (unpaired) electrons. The molecule has 0 atom stereocenters. The molecule has 2 nitrogen and oxygen atoms in total. The summed E-state index contributed by atoms with van der Waals surface area (Å²) in [5.74, 6) is 1.75. The summed E-state index contributed by atoms with van der Waals surface area (Å²) >= 11 is 0. The van der Waals surface area contributed by atoms with Gasteiger partial charge in [-0.3, -0.25) is 0 Å². The molecule has 1 spiro atoms. The lowest BCUT2D eigenvalue weighted by Gasteiger charge is -2.41. The SMILES string of the molecule is CC1(C)c2ccccc2-c2ccc(N(c3ccccc3-c3ccccc3)c3cccc4c3Oc3ccccc3C43c4ccccc4-c4ccccc43)cc21. The zero-order chi connectivity index (χ0) is 36.0. The van der Waals surface area contributed by atoms with Crippen LogP contribution in [0.15, 0.2) is 188 Å². The molecule has 0 fully saturated rings. The van der Waals surface area contributed by atoms with E-state index >= 15 is 0 Å². The molecule has 256 valence electrons. The maximum absolute atomic E-state index is 7.24. The van der Waals surface area contributed by atoms with Gasteiger partial charge in [0.05, 0.1) is 16.8 Å². The van der Waals surface area contributed by atoms with E-state index in [0.29, 0.717) is 0 Å². The van der Waals surface area contributed by atoms with Crippen LogP contribution in [-0.2, 0) is 10.8 Å². The molecule has 54 heavy (non-hydrogen) atoms. The van der Waals surface area contributed by atoms with Crippen molar-refractivity contribution < 1.29 is 4.74 Å². The summed E-state index contributed by atoms with van der Waals surface area (Å²) in [4.78, 5) is 2.44. The van der Waals surface area contributed by atoms with Crippen LogP contribution in [-0.4, -0.2) is 0 Å². The molecule has 1 aliphatic heterocycles. The van der Waals surface area contributed by atoms with Crippen LogP contribution in [0.25, 0.3) is 33.4 Å². The molecule has 0 N–H and O–H groups in total. The molecule has 8 aromatic carbocycles. The van der Waals surface area contributed by atoms with Gasteiger partial charge < -0.3 is 9.64 Å². The average molecular weight is 692 g/mol. The lowest BCUT2D eigenvalue weighted by molar-refractivity contribution is 0.437. The van der Waals surface area contributed by atoms with Crippen LogP contribution in [0.4, 0.5) is 17.1 Å². The van der Waals surface area contributed by atoms with E-state index in [0.717, 1.165) is 45.3 Å². The second-order valence-corrected chi connectivity index (χ2v) is 15.2. The number of fused-ring (bicyclic) bond motifs is 12. The molecule has 0 unspecified atom stereocenters. The van der Waals surface area contributed by atoms with Crippen molar-refractivity contribution in [1.29, 1.82) is 0 Å². The molecule has 0 saturated carbocycles. The first kappa shape index (κ1) is 30.9. The van der Waals surface area contributed by atoms with Crippen LogP contribution >= 0.6 is 0 Å². The minimum Gasteiger partial charge on any atom is -0.454 e. The van der Waals surface area contributed by atoms with Gasteiger partial charge in [0.1, 0.15) is 5.75 Å². The molecule has 2 aliphatic carbocycles. The molecule has 1 heterocycles. The maximum Gasteiger partial charge on any atom is 0.156 e. The molecule has 2 heteroatoms. The number of para-hydroxylation sites is 3. The molecular formula is C52H37NO. The van der Waals surface area contributed by atoms with Crippen molar-refractivity contribution in [2.75, 3.05) is 4.90 Å². The molecule has 0 amide bonds. The average Bonchev–Trinajstić information content (AvgIpc) is 3.65. The normalized spacial score (nSPS) is 14.6. The molecule has 0 saturated heterocycles. The first-order valence-corrected chi connectivity index (χ1v) is 18.9. The summed E-state index contributed by atoms with van der Waals surface area (Å²) < 4.78 is 7.24. The van der Waals surface area contributed by atoms with Crippen molar-refractivity contribution in [3.05, 3.63) is 221 Å². The van der Waals surface area contributed by atoms with Crippen LogP contribution in [0.2, 0.25) is 0 Å². The molecular weight excluding hydrogens is 655 g/mol. The van der Waals surface area contributed by atoms with Gasteiger partial charge in [0, 0.05) is 27.8 Å². The Balaban J connectivity index is 1.22. The third-order valence-electron chi connectivity index (χ3n) is 12.1. The van der Waals surface area contributed by atoms with Gasteiger partial charge in [0.15, 0.2) is 5.75 Å². The standard InChI is InChI=1S/C52H37NO/c1-51(2)41-23-10-6-20-37(41)40-32-31-35(33-46(40)51)53(47-28-14-9-19-36(47)34-17-4-3-5-18-34)48-29-16-27-45-50(48)54-49-30-15-13-26-44(49)52(45)42-24-11-7-21-38(42)39-22-8-12-25-43(39)52/h3-33H,1-2H3. The van der Waals surface area contributed by atoms with Crippen LogP contribution in [0.5, 0.6) is 11.5 Å². The second-order valence-electron chi connectivity index (χ2n) is 15.2. The quantitative estimate of drug-likeness (QED) is 0.182. The van der Waals surface area contributed by atoms with Crippen molar-refractivity contribution in [3.63, 3.8) is 0 Å². The van der Waals surface area contributed by atoms with Crippen molar-refractivity contribution >= 4 is 17.1 Å². The van der Waals surface area contributed by atoms with Gasteiger partial charge in [0.25, 0.3) is 0 Å². The fourth-order valence-electron chi connectivity index (χ4n) is 9.81. The van der Waals surface area contributed by atoms with Crippen molar-refractivity contribution in [3.8, 4) is 44.9 Å². The highest BCUT2D eigenvalue weighted by atomic mass is 16.5. The minimum absolute atomic E-state index is 0.153. The van der Waals surface area contributed by atoms with Gasteiger partial charge in [-0.15, -0.1) is 0 Å². The lowest BCUT2D eigenvalue weighted by Crippen LogP contribution is -2.32. The highest BCUT2D eigenvalue weighted by Gasteiger charge is 2.51. The predicted molar refractivity (Wildman–Crippen MR) is 222 cm³/mol. The van der Waals surface area contributed by atoms with E-state index in [1.807, 2.05) is 0 Å². The smallest absolute Gasteiger partial charge is 0.156 e. The molecule has 0 aromatic heterocycles. The number of hydrogen-bond acceptors (Lipinski definition) is 2. The Hall–Kier alpha value is -6.64. The Kier molecular flexibility index (Phi) is 6.55. The first-order valence-electron chi connectivity index (χ1n) is 18.9. The maximum atomic E-state index is 7.24. The number of hydrogen-bond donors (Lipinski definition) is 0. The number of ether oxygens (including phenoxy) is 1. The van der Waals surface area contributed by atoms with Crippen molar-refractivity contribution in [2.24, 2.45) is 0 Å². The van der Waals surface area contributed by atoms with Crippen LogP contribution in [0.1, 0.15) is 47.2 Å². The van der Waals surface area contributed by atoms with Gasteiger partial charge in [-0.2, -0.15) is 0 Å². The fraction of sp³-hybridized carbons (Fsp3) is 0.0769. The Morgan fingerprint density at radius 1 is 0.389 bits per heavy atom. The largest absolute Gasteiger partial charge is 0.454 e. The predicted octanol–water partition coefficient (Wildman–Crippen LogP) is 13.6. The van der Waals surface area contributed by atoms with Gasteiger partial charge in [-0.1, -0.05) is 172 Å². The van der Waals surface area contributed by atoms with E-state index in [4.69, 9.17) is 4.74 Å². The van der Waals surface area contributed by atoms with E-state index < -0.39 is 5.41 Å². The summed E-state index contributed by atoms with van der Waals surface area (Å²) in [6, 6.07) is 68.7. The van der Waals surface area contributed by atoms with E-state index in [1.54, 1.807) is 0 Å². The number of rotatable bonds is 4. The zero-order valence-corrected chi connectivity index (χ0v) is 30.3. The number of nitrogens with zero attached hydrogens (tertiary/aromatic N) is 1. The topological polar surface area (TPSA) is 12.5 Å². The van der Waals surface area contributed by atoms with Crippen molar-refractivity contribution in [1.82, 2.24) is 0 Å². The molecule has 8 aromatic rings. The lowest BCUT2D eigenvalue weighted by atomic mass is 9.66. The van der Waals surface area contributed by atoms with Gasteiger partial charge >= 0.3 is 0 Å². The van der Waals surface area contributed by atoms with Crippen LogP contribution in [0, 0.1) is 0 Å². The molecule has 11 rings (SSSR count). The second kappa shape index (κ2) is 11.4. The Labute approximate surface area is 316 Å². The van der Waals surface area contributed by atoms with Gasteiger partial charge in [-0.25, -0.2) is 0 Å². The zero-order valence-electron chi connectivity index (χ0n) is 30.3. The van der Waals surface area contributed by atoms with E-state index in [2.05, 4.69) is 207 Å². The van der Waals surface area contributed by atoms with E-state index in [-0.39, 0.29) is 5.41 Å². The van der Waals surface area contributed by atoms with E-state index in [1.165, 1.54) is 50.1 Å². The van der Waals surface area contributed by atoms with Crippen LogP contribution < -0.4 is 9.64 Å². The third kappa shape index (κ3) is 4.11. The first-order chi connectivity index (χ1) is 26.6. The Bertz CT molecular complexity index is 2750. The third-order valence-corrected chi connectivity index (χ3v) is 12.1. The number of anilines is 3. The summed E-state index contributed by atoms with van der Waals surface area (Å²) in [6.07, 6.45) is 0. The minimum atomic E-state index is -0.556. The number of benzene rings is 8. The fourth-order valence-corrected chi connectivity index (χ4v) is 9.81. The molecule has 0 bridgehead atoms. The summed E-state index contributed by atoms with van der Waals surface area (Å²) in [5, 5.41) is 0. The van der Waals surface area contributed by atoms with Gasteiger partial charge in [-0.05, 0) is 80.4 Å². The Morgan fingerprint density at radius 3 is 1.63 bits per heavy atom. The van der Waals surface area contributed by atoms with Gasteiger partial charge in [0.2, 0.25) is 0 Å². The summed E-state index contributed by atoms with van der Waals surface area (Å²) in [6.45, 7) is 4.71. The van der Waals surface area contributed by atoms with Crippen LogP contribution in [0.3, 0.4) is 0 Å². The monoisotopic (exact) mass is 691 g/mol. The Morgan fingerprint density at radius 2 is 0.907 bits per heavy atom. The summed E-state index contributed by atoms with van der Waals surface area (Å²) in [7, 11) is 0. The van der Waals surface area contributed by atoms with E-state index in [9.17, 15) is 0 Å². The highest BCUT2D eigenvalue weighted by molar-refractivity contribution is 5.95. The van der Waals surface area contributed by atoms with Crippen molar-refractivity contribution in [2.45, 2.75) is 24.7 Å². The molecule has 3 aliphatic rings.